The molecule has 1 aromatic carbocycles. The van der Waals surface area contributed by atoms with Gasteiger partial charge in [-0.1, -0.05) is 0 Å². The number of anilines is 2. The van der Waals surface area contributed by atoms with Crippen LogP contribution in [-0.2, 0) is 4.79 Å². The highest BCUT2D eigenvalue weighted by atomic mass is 32.1. The molecule has 1 aliphatic heterocycles. The fourth-order valence-electron chi connectivity index (χ4n) is 1.93. The van der Waals surface area contributed by atoms with Crippen LogP contribution in [0, 0.1) is 5.82 Å². The van der Waals surface area contributed by atoms with Gasteiger partial charge in [-0.15, -0.1) is 11.3 Å². The predicted molar refractivity (Wildman–Crippen MR) is 72.0 cm³/mol. The van der Waals surface area contributed by atoms with Crippen molar-refractivity contribution in [2.45, 2.75) is 6.04 Å². The molecule has 3 rings (SSSR count). The molecule has 1 atom stereocenters. The Kier molecular flexibility index (Phi) is 3.07. The Balaban J connectivity index is 1.76. The van der Waals surface area contributed by atoms with Gasteiger partial charge in [0, 0.05) is 22.8 Å². The van der Waals surface area contributed by atoms with E-state index in [2.05, 4.69) is 20.9 Å². The van der Waals surface area contributed by atoms with Crippen molar-refractivity contribution in [3.63, 3.8) is 0 Å². The van der Waals surface area contributed by atoms with Gasteiger partial charge in [0.05, 0.1) is 0 Å². The highest BCUT2D eigenvalue weighted by molar-refractivity contribution is 7.13. The first kappa shape index (κ1) is 12.5. The number of nitrogens with zero attached hydrogens (tertiary/aromatic N) is 1. The summed E-state index contributed by atoms with van der Waals surface area (Å²) in [5.74, 6) is -0.868. The second-order valence-electron chi connectivity index (χ2n) is 4.09. The molecule has 3 N–H and O–H groups in total. The van der Waals surface area contributed by atoms with Crippen LogP contribution in [-0.4, -0.2) is 16.9 Å². The quantitative estimate of drug-likeness (QED) is 0.792. The first-order valence-corrected chi connectivity index (χ1v) is 6.59. The molecule has 102 valence electrons. The summed E-state index contributed by atoms with van der Waals surface area (Å²) in [6, 6.07) is 2.44. The van der Waals surface area contributed by atoms with Gasteiger partial charge >= 0.3 is 6.03 Å². The second-order valence-corrected chi connectivity index (χ2v) is 4.98. The first-order valence-electron chi connectivity index (χ1n) is 5.71. The zero-order chi connectivity index (χ0) is 14.1. The van der Waals surface area contributed by atoms with E-state index in [1.165, 1.54) is 29.5 Å². The van der Waals surface area contributed by atoms with Crippen LogP contribution in [0.4, 0.5) is 20.0 Å². The van der Waals surface area contributed by atoms with Crippen LogP contribution in [0.15, 0.2) is 29.8 Å². The van der Waals surface area contributed by atoms with E-state index >= 15 is 0 Å². The SMILES string of the molecule is O=C(Nc1nccs1)NC1C(=O)Nc2ccc(F)cc21. The summed E-state index contributed by atoms with van der Waals surface area (Å²) in [4.78, 5) is 27.5. The van der Waals surface area contributed by atoms with E-state index in [-0.39, 0.29) is 0 Å². The van der Waals surface area contributed by atoms with E-state index in [4.69, 9.17) is 0 Å². The highest BCUT2D eigenvalue weighted by Gasteiger charge is 2.32. The van der Waals surface area contributed by atoms with Crippen LogP contribution < -0.4 is 16.0 Å². The smallest absolute Gasteiger partial charge is 0.321 e. The molecule has 6 nitrogen and oxygen atoms in total. The summed E-state index contributed by atoms with van der Waals surface area (Å²) in [5.41, 5.74) is 0.903. The Morgan fingerprint density at radius 3 is 3.05 bits per heavy atom. The van der Waals surface area contributed by atoms with Crippen molar-refractivity contribution in [1.82, 2.24) is 10.3 Å². The Morgan fingerprint density at radius 1 is 1.45 bits per heavy atom. The molecular formula is C12H9FN4O2S. The molecule has 2 aromatic rings. The summed E-state index contributed by atoms with van der Waals surface area (Å²) in [6.45, 7) is 0. The molecule has 2 heterocycles. The van der Waals surface area contributed by atoms with Gasteiger partial charge in [0.2, 0.25) is 0 Å². The van der Waals surface area contributed by atoms with E-state index < -0.39 is 23.8 Å². The fraction of sp³-hybridized carbons (Fsp3) is 0.0833. The zero-order valence-corrected chi connectivity index (χ0v) is 10.8. The van der Waals surface area contributed by atoms with Gasteiger partial charge in [-0.3, -0.25) is 10.1 Å². The number of nitrogens with one attached hydrogen (secondary N) is 3. The number of hydrogen-bond acceptors (Lipinski definition) is 4. The molecule has 3 amide bonds. The van der Waals surface area contributed by atoms with E-state index in [1.807, 2.05) is 0 Å². The van der Waals surface area contributed by atoms with Crippen molar-refractivity contribution in [1.29, 1.82) is 0 Å². The third-order valence-electron chi connectivity index (χ3n) is 2.77. The molecule has 1 aliphatic rings. The van der Waals surface area contributed by atoms with Gasteiger partial charge in [0.25, 0.3) is 5.91 Å². The minimum absolute atomic E-state index is 0.403. The number of hydrogen-bond donors (Lipinski definition) is 3. The van der Waals surface area contributed by atoms with E-state index in [0.717, 1.165) is 0 Å². The third kappa shape index (κ3) is 2.32. The number of halogens is 1. The van der Waals surface area contributed by atoms with Crippen molar-refractivity contribution < 1.29 is 14.0 Å². The number of fused-ring (bicyclic) bond motifs is 1. The maximum Gasteiger partial charge on any atom is 0.321 e. The molecule has 0 radical (unpaired) electrons. The molecule has 0 fully saturated rings. The molecule has 20 heavy (non-hydrogen) atoms. The number of benzene rings is 1. The summed E-state index contributed by atoms with van der Waals surface area (Å²) in [6.07, 6.45) is 1.55. The Hall–Kier alpha value is -2.48. The maximum atomic E-state index is 13.2. The first-order chi connectivity index (χ1) is 9.63. The summed E-state index contributed by atoms with van der Waals surface area (Å²) in [7, 11) is 0. The van der Waals surface area contributed by atoms with E-state index in [1.54, 1.807) is 11.6 Å². The second kappa shape index (κ2) is 4.89. The number of aromatic nitrogens is 1. The van der Waals surface area contributed by atoms with Crippen LogP contribution in [0.25, 0.3) is 0 Å². The third-order valence-corrected chi connectivity index (χ3v) is 3.46. The maximum absolute atomic E-state index is 13.2. The number of thiazole rings is 1. The van der Waals surface area contributed by atoms with Gasteiger partial charge in [-0.2, -0.15) is 0 Å². The lowest BCUT2D eigenvalue weighted by atomic mass is 10.1. The standard InChI is InChI=1S/C12H9FN4O2S/c13-6-1-2-8-7(5-6)9(10(18)15-8)16-11(19)17-12-14-3-4-20-12/h1-5,9H,(H,15,18)(H2,14,16,17,19). The lowest BCUT2D eigenvalue weighted by molar-refractivity contribution is -0.117. The van der Waals surface area contributed by atoms with Gasteiger partial charge in [0.15, 0.2) is 5.13 Å². The monoisotopic (exact) mass is 292 g/mol. The average Bonchev–Trinajstić information content (AvgIpc) is 3.00. The largest absolute Gasteiger partial charge is 0.324 e. The predicted octanol–water partition coefficient (Wildman–Crippen LogP) is 2.10. The van der Waals surface area contributed by atoms with E-state index in [0.29, 0.717) is 16.4 Å². The van der Waals surface area contributed by atoms with Crippen molar-refractivity contribution >= 4 is 34.1 Å². The minimum Gasteiger partial charge on any atom is -0.324 e. The normalized spacial score (nSPS) is 16.4. The summed E-state index contributed by atoms with van der Waals surface area (Å²) < 4.78 is 13.2. The molecule has 1 aromatic heterocycles. The average molecular weight is 292 g/mol. The van der Waals surface area contributed by atoms with Gasteiger partial charge in [-0.05, 0) is 18.2 Å². The minimum atomic E-state index is -0.916. The number of carbonyl (C=O) groups excluding carboxylic acids is 2. The van der Waals surface area contributed by atoms with Crippen molar-refractivity contribution in [3.8, 4) is 0 Å². The topological polar surface area (TPSA) is 83.1 Å². The summed E-state index contributed by atoms with van der Waals surface area (Å²) in [5, 5.41) is 9.69. The van der Waals surface area contributed by atoms with Crippen LogP contribution in [0.1, 0.15) is 11.6 Å². The molecule has 1 unspecified atom stereocenters. The van der Waals surface area contributed by atoms with Crippen molar-refractivity contribution in [3.05, 3.63) is 41.2 Å². The fourth-order valence-corrected chi connectivity index (χ4v) is 2.45. The Labute approximate surface area is 117 Å². The molecular weight excluding hydrogens is 283 g/mol. The van der Waals surface area contributed by atoms with Crippen LogP contribution in [0.5, 0.6) is 0 Å². The molecule has 0 saturated carbocycles. The van der Waals surface area contributed by atoms with Crippen molar-refractivity contribution in [2.75, 3.05) is 10.6 Å². The zero-order valence-electron chi connectivity index (χ0n) is 10.0. The number of rotatable bonds is 2. The van der Waals surface area contributed by atoms with Crippen molar-refractivity contribution in [2.24, 2.45) is 0 Å². The van der Waals surface area contributed by atoms with Crippen LogP contribution in [0.3, 0.4) is 0 Å². The Bertz CT molecular complexity index is 674. The van der Waals surface area contributed by atoms with Crippen LogP contribution in [0.2, 0.25) is 0 Å². The number of amides is 3. The summed E-state index contributed by atoms with van der Waals surface area (Å²) >= 11 is 1.25. The number of urea groups is 1. The molecule has 0 saturated heterocycles. The lowest BCUT2D eigenvalue weighted by Gasteiger charge is -2.11. The van der Waals surface area contributed by atoms with Crippen LogP contribution >= 0.6 is 11.3 Å². The lowest BCUT2D eigenvalue weighted by Crippen LogP contribution is -2.36. The highest BCUT2D eigenvalue weighted by Crippen LogP contribution is 2.31. The molecule has 8 heteroatoms. The molecule has 0 spiro atoms. The molecule has 0 aliphatic carbocycles. The van der Waals surface area contributed by atoms with Gasteiger partial charge in [-0.25, -0.2) is 14.2 Å². The Morgan fingerprint density at radius 2 is 2.30 bits per heavy atom. The van der Waals surface area contributed by atoms with E-state index in [9.17, 15) is 14.0 Å². The number of carbonyl (C=O) groups is 2. The van der Waals surface area contributed by atoms with Gasteiger partial charge in [0.1, 0.15) is 11.9 Å². The van der Waals surface area contributed by atoms with Gasteiger partial charge < -0.3 is 10.6 Å². The molecule has 0 bridgehead atoms.